The van der Waals surface area contributed by atoms with Crippen LogP contribution in [0.15, 0.2) is 6.20 Å². The van der Waals surface area contributed by atoms with Gasteiger partial charge in [-0.1, -0.05) is 5.21 Å². The molecule has 0 amide bonds. The van der Waals surface area contributed by atoms with Crippen LogP contribution in [0.25, 0.3) is 0 Å². The molecule has 7 heteroatoms. The summed E-state index contributed by atoms with van der Waals surface area (Å²) in [6, 6.07) is 0. The van der Waals surface area contributed by atoms with Crippen molar-refractivity contribution >= 4 is 9.84 Å². The Labute approximate surface area is 108 Å². The fourth-order valence-corrected chi connectivity index (χ4v) is 2.25. The van der Waals surface area contributed by atoms with Crippen LogP contribution < -0.4 is 0 Å². The first-order valence-electron chi connectivity index (χ1n) is 5.79. The summed E-state index contributed by atoms with van der Waals surface area (Å²) in [4.78, 5) is 0. The van der Waals surface area contributed by atoms with E-state index < -0.39 is 20.2 Å². The lowest BCUT2D eigenvalue weighted by Gasteiger charge is -2.18. The molecule has 1 N–H and O–H groups in total. The molecule has 1 aromatic rings. The van der Waals surface area contributed by atoms with E-state index in [0.29, 0.717) is 5.69 Å². The van der Waals surface area contributed by atoms with Crippen LogP contribution in [0.3, 0.4) is 0 Å². The average molecular weight is 275 g/mol. The predicted molar refractivity (Wildman–Crippen MR) is 68.8 cm³/mol. The summed E-state index contributed by atoms with van der Waals surface area (Å²) in [5.41, 5.74) is -0.642. The number of hydrogen-bond donors (Lipinski definition) is 1. The maximum atomic E-state index is 11.9. The topological polar surface area (TPSA) is 85.1 Å². The molecule has 104 valence electrons. The zero-order valence-corrected chi connectivity index (χ0v) is 12.3. The second-order valence-corrected chi connectivity index (χ2v) is 8.72. The van der Waals surface area contributed by atoms with Crippen molar-refractivity contribution in [3.05, 3.63) is 11.9 Å². The summed E-state index contributed by atoms with van der Waals surface area (Å²) in [6.45, 7) is 8.47. The second kappa shape index (κ2) is 4.62. The van der Waals surface area contributed by atoms with Crippen molar-refractivity contribution in [1.82, 2.24) is 15.0 Å². The fourth-order valence-electron chi connectivity index (χ4n) is 1.21. The third-order valence-electron chi connectivity index (χ3n) is 2.69. The van der Waals surface area contributed by atoms with Gasteiger partial charge in [0.2, 0.25) is 0 Å². The third kappa shape index (κ3) is 3.52. The number of aryl methyl sites for hydroxylation is 1. The number of rotatable bonds is 4. The van der Waals surface area contributed by atoms with Crippen molar-refractivity contribution in [2.24, 2.45) is 0 Å². The third-order valence-corrected chi connectivity index (χ3v) is 5.27. The van der Waals surface area contributed by atoms with Gasteiger partial charge in [-0.2, -0.15) is 0 Å². The van der Waals surface area contributed by atoms with Crippen LogP contribution in [-0.2, 0) is 22.0 Å². The Morgan fingerprint density at radius 1 is 1.28 bits per heavy atom. The Kier molecular flexibility index (Phi) is 3.88. The molecule has 1 heterocycles. The maximum absolute atomic E-state index is 11.9. The molecular formula is C11H21N3O3S. The highest BCUT2D eigenvalue weighted by Crippen LogP contribution is 2.18. The Morgan fingerprint density at radius 2 is 1.83 bits per heavy atom. The molecule has 0 fully saturated rings. The lowest BCUT2D eigenvalue weighted by molar-refractivity contribution is 0.0737. The van der Waals surface area contributed by atoms with Crippen LogP contribution in [-0.4, -0.2) is 39.0 Å². The molecule has 0 aromatic carbocycles. The number of aromatic nitrogens is 3. The summed E-state index contributed by atoms with van der Waals surface area (Å²) >= 11 is 0. The number of hydrogen-bond acceptors (Lipinski definition) is 5. The summed E-state index contributed by atoms with van der Waals surface area (Å²) in [6.07, 6.45) is 1.57. The van der Waals surface area contributed by atoms with E-state index in [4.69, 9.17) is 0 Å². The van der Waals surface area contributed by atoms with E-state index in [-0.39, 0.29) is 12.3 Å². The number of aliphatic hydroxyl groups is 1. The first-order valence-corrected chi connectivity index (χ1v) is 7.44. The smallest absolute Gasteiger partial charge is 0.157 e. The van der Waals surface area contributed by atoms with Crippen LogP contribution in [0.2, 0.25) is 0 Å². The van der Waals surface area contributed by atoms with Gasteiger partial charge in [-0.15, -0.1) is 5.10 Å². The van der Waals surface area contributed by atoms with Gasteiger partial charge in [0.15, 0.2) is 9.84 Å². The zero-order valence-electron chi connectivity index (χ0n) is 11.5. The molecule has 0 aliphatic heterocycles. The lowest BCUT2D eigenvalue weighted by atomic mass is 10.1. The molecule has 18 heavy (non-hydrogen) atoms. The number of nitrogens with zero attached hydrogens (tertiary/aromatic N) is 3. The summed E-state index contributed by atoms with van der Waals surface area (Å²) in [5, 5.41) is 17.4. The molecule has 0 radical (unpaired) electrons. The zero-order chi connectivity index (χ0) is 14.2. The van der Waals surface area contributed by atoms with Crippen molar-refractivity contribution in [3.63, 3.8) is 0 Å². The van der Waals surface area contributed by atoms with Crippen LogP contribution >= 0.6 is 0 Å². The predicted octanol–water partition coefficient (Wildman–Crippen LogP) is 0.719. The average Bonchev–Trinajstić information content (AvgIpc) is 2.60. The summed E-state index contributed by atoms with van der Waals surface area (Å²) in [7, 11) is -3.17. The van der Waals surface area contributed by atoms with Gasteiger partial charge in [0, 0.05) is 0 Å². The Hall–Kier alpha value is -0.950. The standard InChI is InChI=1S/C11H21N3O3S/c1-10(2,3)18(16,17)7-6-14-8-9(12-13-14)11(4,5)15/h8,15H,6-7H2,1-5H3. The van der Waals surface area contributed by atoms with Gasteiger partial charge >= 0.3 is 0 Å². The molecule has 0 spiro atoms. The lowest BCUT2D eigenvalue weighted by Crippen LogP contribution is -2.32. The number of sulfone groups is 1. The quantitative estimate of drug-likeness (QED) is 0.875. The SMILES string of the molecule is CC(C)(O)c1cn(CCS(=O)(=O)C(C)(C)C)nn1. The van der Waals surface area contributed by atoms with Crippen LogP contribution in [0.5, 0.6) is 0 Å². The minimum Gasteiger partial charge on any atom is -0.384 e. The van der Waals surface area contributed by atoms with Crippen LogP contribution in [0.1, 0.15) is 40.3 Å². The van der Waals surface area contributed by atoms with Gasteiger partial charge in [0.25, 0.3) is 0 Å². The van der Waals surface area contributed by atoms with Gasteiger partial charge in [0.05, 0.1) is 23.2 Å². The van der Waals surface area contributed by atoms with E-state index in [1.54, 1.807) is 40.8 Å². The van der Waals surface area contributed by atoms with Crippen molar-refractivity contribution in [1.29, 1.82) is 0 Å². The van der Waals surface area contributed by atoms with E-state index in [0.717, 1.165) is 0 Å². The van der Waals surface area contributed by atoms with Gasteiger partial charge in [0.1, 0.15) is 11.3 Å². The molecule has 0 atom stereocenters. The van der Waals surface area contributed by atoms with E-state index in [2.05, 4.69) is 10.3 Å². The highest BCUT2D eigenvalue weighted by atomic mass is 32.2. The Balaban J connectivity index is 2.75. The summed E-state index contributed by atoms with van der Waals surface area (Å²) in [5.74, 6) is 0.00512. The molecule has 6 nitrogen and oxygen atoms in total. The van der Waals surface area contributed by atoms with Crippen molar-refractivity contribution in [3.8, 4) is 0 Å². The molecule has 1 aromatic heterocycles. The molecule has 0 saturated heterocycles. The molecule has 0 aliphatic carbocycles. The van der Waals surface area contributed by atoms with Gasteiger partial charge < -0.3 is 5.11 Å². The highest BCUT2D eigenvalue weighted by Gasteiger charge is 2.29. The largest absolute Gasteiger partial charge is 0.384 e. The molecular weight excluding hydrogens is 254 g/mol. The van der Waals surface area contributed by atoms with Gasteiger partial charge in [-0.25, -0.2) is 8.42 Å². The van der Waals surface area contributed by atoms with E-state index in [1.807, 2.05) is 0 Å². The van der Waals surface area contributed by atoms with E-state index >= 15 is 0 Å². The van der Waals surface area contributed by atoms with E-state index in [9.17, 15) is 13.5 Å². The Bertz CT molecular complexity index is 506. The minimum atomic E-state index is -3.17. The molecule has 0 aliphatic rings. The van der Waals surface area contributed by atoms with Crippen LogP contribution in [0, 0.1) is 0 Å². The first kappa shape index (κ1) is 15.1. The second-order valence-electron chi connectivity index (χ2n) is 5.86. The van der Waals surface area contributed by atoms with Crippen molar-refractivity contribution < 1.29 is 13.5 Å². The van der Waals surface area contributed by atoms with Gasteiger partial charge in [-0.05, 0) is 34.6 Å². The van der Waals surface area contributed by atoms with Crippen molar-refractivity contribution in [2.75, 3.05) is 5.75 Å². The van der Waals surface area contributed by atoms with E-state index in [1.165, 1.54) is 4.68 Å². The molecule has 1 rings (SSSR count). The Morgan fingerprint density at radius 3 is 2.22 bits per heavy atom. The molecule has 0 saturated carbocycles. The van der Waals surface area contributed by atoms with Crippen LogP contribution in [0.4, 0.5) is 0 Å². The first-order chi connectivity index (χ1) is 7.93. The summed E-state index contributed by atoms with van der Waals surface area (Å²) < 4.78 is 24.5. The highest BCUT2D eigenvalue weighted by molar-refractivity contribution is 7.92. The van der Waals surface area contributed by atoms with Gasteiger partial charge in [-0.3, -0.25) is 4.68 Å². The van der Waals surface area contributed by atoms with Crippen molar-refractivity contribution in [2.45, 2.75) is 51.5 Å². The molecule has 0 bridgehead atoms. The molecule has 0 unspecified atom stereocenters. The maximum Gasteiger partial charge on any atom is 0.157 e. The minimum absolute atomic E-state index is 0.00512. The fraction of sp³-hybridized carbons (Fsp3) is 0.818. The normalized spacial score (nSPS) is 13.9. The monoisotopic (exact) mass is 275 g/mol.